The molecule has 3 aromatic rings. The van der Waals surface area contributed by atoms with Gasteiger partial charge in [0.05, 0.1) is 22.5 Å². The molecule has 6 nitrogen and oxygen atoms in total. The molecule has 6 rings (SSSR count). The van der Waals surface area contributed by atoms with Gasteiger partial charge in [-0.05, 0) is 78.8 Å². The number of non-ortho nitro benzene ring substituents is 1. The van der Waals surface area contributed by atoms with Gasteiger partial charge in [0, 0.05) is 23.1 Å². The van der Waals surface area contributed by atoms with E-state index in [1.165, 1.54) is 41.0 Å². The highest BCUT2D eigenvalue weighted by Crippen LogP contribution is 2.58. The van der Waals surface area contributed by atoms with Gasteiger partial charge in [0.1, 0.15) is 0 Å². The lowest BCUT2D eigenvalue weighted by atomic mass is 9.49. The molecule has 34 heavy (non-hydrogen) atoms. The van der Waals surface area contributed by atoms with Crippen LogP contribution in [0.3, 0.4) is 0 Å². The van der Waals surface area contributed by atoms with Crippen LogP contribution < -0.4 is 4.80 Å². The van der Waals surface area contributed by atoms with E-state index in [1.54, 1.807) is 12.1 Å². The highest BCUT2D eigenvalue weighted by molar-refractivity contribution is 7.07. The van der Waals surface area contributed by atoms with Gasteiger partial charge in [0.2, 0.25) is 4.80 Å². The van der Waals surface area contributed by atoms with E-state index in [9.17, 15) is 10.1 Å². The Balaban J connectivity index is 1.60. The molecule has 0 aliphatic heterocycles. The number of hydrogen-bond donors (Lipinski definition) is 0. The molecule has 174 valence electrons. The summed E-state index contributed by atoms with van der Waals surface area (Å²) in [7, 11) is 0. The fourth-order valence-electron chi connectivity index (χ4n) is 5.07. The van der Waals surface area contributed by atoms with Crippen LogP contribution in [0.15, 0.2) is 69.6 Å². The zero-order valence-corrected chi connectivity index (χ0v) is 20.7. The summed E-state index contributed by atoms with van der Waals surface area (Å²) >= 11 is 1.52. The number of nitro benzene ring substituents is 1. The van der Waals surface area contributed by atoms with Gasteiger partial charge in [-0.25, -0.2) is 9.67 Å². The van der Waals surface area contributed by atoms with Crippen molar-refractivity contribution in [1.82, 2.24) is 4.68 Å². The number of hydrogen-bond acceptors (Lipinski definition) is 5. The van der Waals surface area contributed by atoms with Crippen LogP contribution in [0.5, 0.6) is 0 Å². The molecule has 2 aromatic carbocycles. The van der Waals surface area contributed by atoms with Gasteiger partial charge in [0.15, 0.2) is 0 Å². The first-order valence-electron chi connectivity index (χ1n) is 11.6. The Labute approximate surface area is 203 Å². The van der Waals surface area contributed by atoms with E-state index in [1.807, 2.05) is 28.4 Å². The molecule has 2 unspecified atom stereocenters. The maximum atomic E-state index is 11.1. The third-order valence-corrected chi connectivity index (χ3v) is 8.50. The topological polar surface area (TPSA) is 72.8 Å². The lowest BCUT2D eigenvalue weighted by Crippen LogP contribution is -2.48. The van der Waals surface area contributed by atoms with Crippen molar-refractivity contribution in [3.05, 3.63) is 85.5 Å². The molecule has 0 N–H and O–H groups in total. The van der Waals surface area contributed by atoms with Crippen molar-refractivity contribution < 1.29 is 4.92 Å². The minimum atomic E-state index is -0.381. The third-order valence-electron chi connectivity index (χ3n) is 7.68. The van der Waals surface area contributed by atoms with Crippen molar-refractivity contribution >= 4 is 28.9 Å². The molecular weight excluding hydrogens is 444 g/mol. The molecule has 0 saturated heterocycles. The minimum Gasteiger partial charge on any atom is -0.258 e. The normalized spacial score (nSPS) is 21.4. The maximum Gasteiger partial charge on any atom is 0.269 e. The molecule has 0 spiro atoms. The third kappa shape index (κ3) is 3.84. The Morgan fingerprint density at radius 2 is 1.94 bits per heavy atom. The summed E-state index contributed by atoms with van der Waals surface area (Å²) in [5.41, 5.74) is 6.66. The van der Waals surface area contributed by atoms with Crippen LogP contribution >= 0.6 is 11.3 Å². The van der Waals surface area contributed by atoms with E-state index in [0.717, 1.165) is 39.6 Å². The molecule has 7 heteroatoms. The number of benzene rings is 2. The van der Waals surface area contributed by atoms with Crippen molar-refractivity contribution in [2.24, 2.45) is 27.3 Å². The van der Waals surface area contributed by atoms with Gasteiger partial charge in [-0.2, -0.15) is 5.10 Å². The molecule has 1 aromatic heterocycles. The second-order valence-corrected chi connectivity index (χ2v) is 10.7. The lowest BCUT2D eigenvalue weighted by Gasteiger charge is -2.55. The number of aromatic nitrogens is 1. The Bertz CT molecular complexity index is 1390. The van der Waals surface area contributed by atoms with Crippen molar-refractivity contribution in [3.8, 4) is 11.3 Å². The first-order valence-corrected chi connectivity index (χ1v) is 12.4. The standard InChI is InChI=1S/C27H28N4O2S/c1-17-6-5-7-24(18(17)2)29-26-30(28-15-20-8-11-21-14-23(20)27(21,3)4)25(16-34-26)19-9-12-22(13-10-19)31(32)33/h5-10,12-13,15-16,21,23H,11,14H2,1-4H3. The summed E-state index contributed by atoms with van der Waals surface area (Å²) in [5.74, 6) is 1.31. The predicted octanol–water partition coefficient (Wildman–Crippen LogP) is 6.80. The predicted molar refractivity (Wildman–Crippen MR) is 138 cm³/mol. The minimum absolute atomic E-state index is 0.0726. The number of rotatable bonds is 5. The van der Waals surface area contributed by atoms with Gasteiger partial charge >= 0.3 is 0 Å². The number of allylic oxidation sites excluding steroid dienone is 2. The van der Waals surface area contributed by atoms with E-state index in [-0.39, 0.29) is 10.6 Å². The summed E-state index contributed by atoms with van der Waals surface area (Å²) in [6, 6.07) is 12.7. The second kappa shape index (κ2) is 8.47. The van der Waals surface area contributed by atoms with Gasteiger partial charge < -0.3 is 0 Å². The maximum absolute atomic E-state index is 11.1. The summed E-state index contributed by atoms with van der Waals surface area (Å²) in [4.78, 5) is 16.4. The molecule has 2 atom stereocenters. The Hall–Kier alpha value is -3.32. The molecule has 1 fully saturated rings. The van der Waals surface area contributed by atoms with Crippen LogP contribution in [0.1, 0.15) is 37.8 Å². The summed E-state index contributed by atoms with van der Waals surface area (Å²) in [6.07, 6.45) is 6.65. The number of aryl methyl sites for hydroxylation is 1. The largest absolute Gasteiger partial charge is 0.269 e. The molecule has 1 heterocycles. The van der Waals surface area contributed by atoms with Crippen molar-refractivity contribution in [2.45, 2.75) is 40.5 Å². The van der Waals surface area contributed by atoms with Crippen LogP contribution in [0.2, 0.25) is 0 Å². The summed E-state index contributed by atoms with van der Waals surface area (Å²) in [6.45, 7) is 8.87. The number of nitro groups is 1. The molecule has 0 amide bonds. The quantitative estimate of drug-likeness (QED) is 0.233. The zero-order valence-electron chi connectivity index (χ0n) is 19.9. The fraction of sp³-hybridized carbons (Fsp3) is 0.333. The zero-order chi connectivity index (χ0) is 24.0. The first kappa shape index (κ1) is 22.5. The Morgan fingerprint density at radius 1 is 1.18 bits per heavy atom. The molecular formula is C27H28N4O2S. The van der Waals surface area contributed by atoms with Gasteiger partial charge in [-0.1, -0.05) is 32.1 Å². The first-order chi connectivity index (χ1) is 16.3. The van der Waals surface area contributed by atoms with Gasteiger partial charge in [0.25, 0.3) is 5.69 Å². The van der Waals surface area contributed by atoms with E-state index < -0.39 is 0 Å². The summed E-state index contributed by atoms with van der Waals surface area (Å²) < 4.78 is 1.87. The van der Waals surface area contributed by atoms with Crippen LogP contribution in [0.4, 0.5) is 11.4 Å². The SMILES string of the molecule is Cc1cccc(N=c2scc(-c3ccc([N+](=O)[O-])cc3)n2N=CC2=CCC3CC2C3(C)C)c1C. The summed E-state index contributed by atoms with van der Waals surface area (Å²) in [5, 5.41) is 18.0. The smallest absolute Gasteiger partial charge is 0.258 e. The second-order valence-electron chi connectivity index (χ2n) is 9.84. The van der Waals surface area contributed by atoms with Crippen molar-refractivity contribution in [3.63, 3.8) is 0 Å². The van der Waals surface area contributed by atoms with E-state index in [0.29, 0.717) is 11.3 Å². The number of nitrogens with zero attached hydrogens (tertiary/aromatic N) is 4. The monoisotopic (exact) mass is 472 g/mol. The lowest BCUT2D eigenvalue weighted by molar-refractivity contribution is -0.384. The molecule has 3 aliphatic rings. The van der Waals surface area contributed by atoms with Gasteiger partial charge in [-0.15, -0.1) is 11.3 Å². The van der Waals surface area contributed by atoms with Crippen molar-refractivity contribution in [1.29, 1.82) is 0 Å². The van der Waals surface area contributed by atoms with Gasteiger partial charge in [-0.3, -0.25) is 10.1 Å². The average molecular weight is 473 g/mol. The van der Waals surface area contributed by atoms with Crippen molar-refractivity contribution in [2.75, 3.05) is 0 Å². The van der Waals surface area contributed by atoms with E-state index in [4.69, 9.17) is 10.1 Å². The van der Waals surface area contributed by atoms with Crippen LogP contribution in [0.25, 0.3) is 11.3 Å². The molecule has 2 bridgehead atoms. The Kier molecular flexibility index (Phi) is 5.60. The number of thiazole rings is 1. The van der Waals surface area contributed by atoms with E-state index >= 15 is 0 Å². The van der Waals surface area contributed by atoms with Crippen LogP contribution in [0, 0.1) is 41.2 Å². The highest BCUT2D eigenvalue weighted by Gasteiger charge is 2.50. The highest BCUT2D eigenvalue weighted by atomic mass is 32.1. The molecule has 1 saturated carbocycles. The van der Waals surface area contributed by atoms with Crippen LogP contribution in [-0.2, 0) is 0 Å². The van der Waals surface area contributed by atoms with Crippen LogP contribution in [-0.4, -0.2) is 15.8 Å². The molecule has 3 aliphatic carbocycles. The number of fused-ring (bicyclic) bond motifs is 1. The molecule has 0 radical (unpaired) electrons. The Morgan fingerprint density at radius 3 is 2.62 bits per heavy atom. The average Bonchev–Trinajstić information content (AvgIpc) is 3.23. The fourth-order valence-corrected chi connectivity index (χ4v) is 5.92. The van der Waals surface area contributed by atoms with E-state index in [2.05, 4.69) is 39.8 Å².